The number of likely N-dealkylation sites (tertiary alicyclic amines) is 1. The van der Waals surface area contributed by atoms with E-state index >= 15 is 0 Å². The number of rotatable bonds is 3. The van der Waals surface area contributed by atoms with Crippen LogP contribution in [0.15, 0.2) is 6.07 Å². The maximum atomic E-state index is 12.4. The molecule has 0 aliphatic carbocycles. The van der Waals surface area contributed by atoms with Crippen LogP contribution in [-0.2, 0) is 11.3 Å². The van der Waals surface area contributed by atoms with Crippen LogP contribution in [0.25, 0.3) is 0 Å². The Morgan fingerprint density at radius 1 is 1.53 bits per heavy atom. The summed E-state index contributed by atoms with van der Waals surface area (Å²) in [4.78, 5) is 14.4. The van der Waals surface area contributed by atoms with Crippen molar-refractivity contribution in [3.05, 3.63) is 17.5 Å². The second-order valence-electron chi connectivity index (χ2n) is 5.69. The zero-order valence-corrected chi connectivity index (χ0v) is 12.1. The maximum absolute atomic E-state index is 12.4. The first-order valence-corrected chi connectivity index (χ1v) is 7.02. The minimum atomic E-state index is 0.133. The first kappa shape index (κ1) is 14.1. The smallest absolute Gasteiger partial charge is 0.244 e. The zero-order valence-electron chi connectivity index (χ0n) is 12.1. The summed E-state index contributed by atoms with van der Waals surface area (Å²) in [5.41, 5.74) is 7.78. The first-order valence-electron chi connectivity index (χ1n) is 7.02. The van der Waals surface area contributed by atoms with Crippen LogP contribution in [0.3, 0.4) is 0 Å². The Balaban J connectivity index is 2.04. The molecule has 5 heteroatoms. The van der Waals surface area contributed by atoms with Crippen molar-refractivity contribution >= 4 is 5.91 Å². The largest absolute Gasteiger partial charge is 0.337 e. The van der Waals surface area contributed by atoms with Crippen molar-refractivity contribution in [2.45, 2.75) is 46.2 Å². The average Bonchev–Trinajstić information content (AvgIpc) is 2.67. The van der Waals surface area contributed by atoms with Gasteiger partial charge >= 0.3 is 0 Å². The third-order valence-corrected chi connectivity index (χ3v) is 3.96. The van der Waals surface area contributed by atoms with Gasteiger partial charge < -0.3 is 10.6 Å². The third-order valence-electron chi connectivity index (χ3n) is 3.96. The molecular formula is C14H24N4O. The molecule has 2 unspecified atom stereocenters. The van der Waals surface area contributed by atoms with Gasteiger partial charge in [-0.15, -0.1) is 0 Å². The predicted molar refractivity (Wildman–Crippen MR) is 74.7 cm³/mol. The molecule has 1 aromatic rings. The number of hydrogen-bond donors (Lipinski definition) is 1. The molecule has 2 atom stereocenters. The molecule has 106 valence electrons. The highest BCUT2D eigenvalue weighted by molar-refractivity contribution is 5.76. The number of carbonyl (C=O) groups is 1. The molecule has 2 rings (SSSR count). The van der Waals surface area contributed by atoms with Crippen LogP contribution < -0.4 is 5.73 Å². The van der Waals surface area contributed by atoms with Crippen LogP contribution in [0, 0.1) is 19.8 Å². The molecule has 1 aliphatic rings. The van der Waals surface area contributed by atoms with Gasteiger partial charge in [0.05, 0.1) is 5.69 Å². The lowest BCUT2D eigenvalue weighted by atomic mass is 9.92. The van der Waals surface area contributed by atoms with Gasteiger partial charge in [0, 0.05) is 24.8 Å². The number of aromatic nitrogens is 2. The number of carbonyl (C=O) groups excluding carboxylic acids is 1. The molecule has 1 fully saturated rings. The summed E-state index contributed by atoms with van der Waals surface area (Å²) in [6.07, 6.45) is 2.08. The van der Waals surface area contributed by atoms with Gasteiger partial charge in [0.1, 0.15) is 6.54 Å². The van der Waals surface area contributed by atoms with Gasteiger partial charge in [0.2, 0.25) is 5.91 Å². The van der Waals surface area contributed by atoms with Crippen molar-refractivity contribution in [1.82, 2.24) is 14.7 Å². The quantitative estimate of drug-likeness (QED) is 0.888. The van der Waals surface area contributed by atoms with Gasteiger partial charge in [-0.25, -0.2) is 0 Å². The minimum Gasteiger partial charge on any atom is -0.337 e. The zero-order chi connectivity index (χ0) is 14.0. The monoisotopic (exact) mass is 264 g/mol. The summed E-state index contributed by atoms with van der Waals surface area (Å²) in [6, 6.07) is 2.18. The summed E-state index contributed by atoms with van der Waals surface area (Å²) >= 11 is 0. The second kappa shape index (κ2) is 5.74. The average molecular weight is 264 g/mol. The lowest BCUT2D eigenvalue weighted by molar-refractivity contribution is -0.136. The van der Waals surface area contributed by atoms with Crippen molar-refractivity contribution in [1.29, 1.82) is 0 Å². The first-order chi connectivity index (χ1) is 9.01. The highest BCUT2D eigenvalue weighted by Gasteiger charge is 2.29. The number of hydrogen-bond acceptors (Lipinski definition) is 3. The van der Waals surface area contributed by atoms with E-state index in [1.54, 1.807) is 4.68 Å². The summed E-state index contributed by atoms with van der Waals surface area (Å²) < 4.78 is 1.78. The van der Waals surface area contributed by atoms with Crippen molar-refractivity contribution in [3.63, 3.8) is 0 Å². The molecule has 0 spiro atoms. The Morgan fingerprint density at radius 2 is 2.26 bits per heavy atom. The molecule has 2 heterocycles. The van der Waals surface area contributed by atoms with E-state index < -0.39 is 0 Å². The molecule has 0 radical (unpaired) electrons. The number of nitrogens with zero attached hydrogens (tertiary/aromatic N) is 3. The molecule has 1 amide bonds. The Labute approximate surface area is 114 Å². The molecule has 5 nitrogen and oxygen atoms in total. The summed E-state index contributed by atoms with van der Waals surface area (Å²) in [5, 5.41) is 4.35. The summed E-state index contributed by atoms with van der Waals surface area (Å²) in [5.74, 6) is 0.792. The van der Waals surface area contributed by atoms with Gasteiger partial charge in [-0.05, 0) is 38.7 Å². The van der Waals surface area contributed by atoms with Gasteiger partial charge in [-0.3, -0.25) is 9.48 Å². The molecule has 19 heavy (non-hydrogen) atoms. The normalized spacial score (nSPS) is 23.7. The standard InChI is InChI=1S/C14H24N4O/c1-10-4-5-17(13(6-10)8-15)14(19)9-18-12(3)7-11(2)16-18/h7,10,13H,4-6,8-9,15H2,1-3H3. The van der Waals surface area contributed by atoms with Crippen LogP contribution in [0.1, 0.15) is 31.2 Å². The van der Waals surface area contributed by atoms with Gasteiger partial charge in [0.25, 0.3) is 0 Å². The lowest BCUT2D eigenvalue weighted by Crippen LogP contribution is -2.50. The Morgan fingerprint density at radius 3 is 2.84 bits per heavy atom. The van der Waals surface area contributed by atoms with Crippen molar-refractivity contribution < 1.29 is 4.79 Å². The van der Waals surface area contributed by atoms with Crippen LogP contribution in [0.2, 0.25) is 0 Å². The Hall–Kier alpha value is -1.36. The van der Waals surface area contributed by atoms with Crippen LogP contribution in [0.5, 0.6) is 0 Å². The van der Waals surface area contributed by atoms with E-state index in [4.69, 9.17) is 5.73 Å². The molecular weight excluding hydrogens is 240 g/mol. The summed E-state index contributed by atoms with van der Waals surface area (Å²) in [6.45, 7) is 7.84. The van der Waals surface area contributed by atoms with Crippen molar-refractivity contribution in [2.75, 3.05) is 13.1 Å². The van der Waals surface area contributed by atoms with Gasteiger partial charge in [-0.1, -0.05) is 6.92 Å². The SMILES string of the molecule is Cc1cc(C)n(CC(=O)N2CCC(C)CC2CN)n1. The molecule has 1 saturated heterocycles. The highest BCUT2D eigenvalue weighted by Crippen LogP contribution is 2.22. The van der Waals surface area contributed by atoms with E-state index in [1.165, 1.54) is 0 Å². The number of aryl methyl sites for hydroxylation is 2. The Kier molecular flexibility index (Phi) is 4.24. The fourth-order valence-corrected chi connectivity index (χ4v) is 2.86. The predicted octanol–water partition coefficient (Wildman–Crippen LogP) is 1.09. The molecule has 1 aromatic heterocycles. The van der Waals surface area contributed by atoms with Crippen molar-refractivity contribution in [3.8, 4) is 0 Å². The fraction of sp³-hybridized carbons (Fsp3) is 0.714. The molecule has 0 bridgehead atoms. The summed E-state index contributed by atoms with van der Waals surface area (Å²) in [7, 11) is 0. The maximum Gasteiger partial charge on any atom is 0.244 e. The van der Waals surface area contributed by atoms with Crippen LogP contribution in [0.4, 0.5) is 0 Å². The highest BCUT2D eigenvalue weighted by atomic mass is 16.2. The van der Waals surface area contributed by atoms with E-state index in [1.807, 2.05) is 24.8 Å². The van der Waals surface area contributed by atoms with E-state index in [-0.39, 0.29) is 11.9 Å². The number of nitrogens with two attached hydrogens (primary N) is 1. The molecule has 0 saturated carbocycles. The van der Waals surface area contributed by atoms with E-state index in [9.17, 15) is 4.79 Å². The Bertz CT molecular complexity index is 454. The fourth-order valence-electron chi connectivity index (χ4n) is 2.86. The molecule has 2 N–H and O–H groups in total. The van der Waals surface area contributed by atoms with Crippen LogP contribution >= 0.6 is 0 Å². The van der Waals surface area contributed by atoms with E-state index in [0.717, 1.165) is 30.8 Å². The number of amides is 1. The van der Waals surface area contributed by atoms with E-state index in [0.29, 0.717) is 19.0 Å². The second-order valence-corrected chi connectivity index (χ2v) is 5.69. The van der Waals surface area contributed by atoms with Gasteiger partial charge in [-0.2, -0.15) is 5.10 Å². The molecule has 0 aromatic carbocycles. The minimum absolute atomic E-state index is 0.133. The molecule has 1 aliphatic heterocycles. The number of piperidine rings is 1. The van der Waals surface area contributed by atoms with E-state index in [2.05, 4.69) is 12.0 Å². The lowest BCUT2D eigenvalue weighted by Gasteiger charge is -2.38. The van der Waals surface area contributed by atoms with Crippen LogP contribution in [-0.4, -0.2) is 39.7 Å². The van der Waals surface area contributed by atoms with Crippen molar-refractivity contribution in [2.24, 2.45) is 11.7 Å². The third kappa shape index (κ3) is 3.15. The topological polar surface area (TPSA) is 64.2 Å². The van der Waals surface area contributed by atoms with Gasteiger partial charge in [0.15, 0.2) is 0 Å².